The number of rotatable bonds is 5. The Balaban J connectivity index is 1.75. The van der Waals surface area contributed by atoms with Crippen LogP contribution < -0.4 is 5.32 Å². The lowest BCUT2D eigenvalue weighted by atomic mass is 9.95. The average Bonchev–Trinajstić information content (AvgIpc) is 2.62. The molecule has 116 valence electrons. The van der Waals surface area contributed by atoms with E-state index in [2.05, 4.69) is 77.8 Å². The molecular weight excluding hydrogens is 268 g/mol. The molecule has 1 N–H and O–H groups in total. The second-order valence-corrected chi connectivity index (χ2v) is 6.13. The minimum atomic E-state index is 0.292. The van der Waals surface area contributed by atoms with Crippen molar-refractivity contribution in [1.82, 2.24) is 10.2 Å². The van der Waals surface area contributed by atoms with Gasteiger partial charge in [0.1, 0.15) is 0 Å². The molecule has 0 atom stereocenters. The predicted octanol–water partition coefficient (Wildman–Crippen LogP) is 3.85. The first-order chi connectivity index (χ1) is 10.9. The van der Waals surface area contributed by atoms with Crippen LogP contribution in [0.1, 0.15) is 36.9 Å². The second-order valence-electron chi connectivity index (χ2n) is 6.13. The maximum Gasteiger partial charge on any atom is 0.0578 e. The van der Waals surface area contributed by atoms with Crippen molar-refractivity contribution in [1.29, 1.82) is 0 Å². The molecular formula is C20H26N2. The predicted molar refractivity (Wildman–Crippen MR) is 93.0 cm³/mol. The van der Waals surface area contributed by atoms with Crippen LogP contribution in [0, 0.1) is 0 Å². The Bertz CT molecular complexity index is 505. The Morgan fingerprint density at radius 3 is 1.86 bits per heavy atom. The molecule has 1 saturated heterocycles. The topological polar surface area (TPSA) is 15.3 Å². The molecule has 2 aromatic rings. The summed E-state index contributed by atoms with van der Waals surface area (Å²) in [5.41, 5.74) is 2.71. The highest BCUT2D eigenvalue weighted by molar-refractivity contribution is 5.31. The highest BCUT2D eigenvalue weighted by Gasteiger charge is 2.22. The lowest BCUT2D eigenvalue weighted by molar-refractivity contribution is 0.202. The fourth-order valence-corrected chi connectivity index (χ4v) is 3.33. The van der Waals surface area contributed by atoms with Crippen molar-refractivity contribution in [3.8, 4) is 0 Å². The van der Waals surface area contributed by atoms with Gasteiger partial charge in [0.05, 0.1) is 6.04 Å². The highest BCUT2D eigenvalue weighted by Crippen LogP contribution is 2.24. The maximum absolute atomic E-state index is 3.91. The largest absolute Gasteiger partial charge is 0.303 e. The Labute approximate surface area is 134 Å². The summed E-state index contributed by atoms with van der Waals surface area (Å²) in [7, 11) is 0. The second kappa shape index (κ2) is 7.57. The molecule has 0 bridgehead atoms. The van der Waals surface area contributed by atoms with Crippen LogP contribution in [-0.4, -0.2) is 30.6 Å². The molecule has 1 aliphatic heterocycles. The van der Waals surface area contributed by atoms with Crippen molar-refractivity contribution in [3.63, 3.8) is 0 Å². The fraction of sp³-hybridized carbons (Fsp3) is 0.400. The summed E-state index contributed by atoms with van der Waals surface area (Å²) in [5, 5.41) is 3.91. The van der Waals surface area contributed by atoms with Crippen LogP contribution in [0.25, 0.3) is 0 Å². The molecule has 3 rings (SSSR count). The number of nitrogens with zero attached hydrogens (tertiary/aromatic N) is 1. The van der Waals surface area contributed by atoms with Gasteiger partial charge < -0.3 is 10.2 Å². The number of benzene rings is 2. The van der Waals surface area contributed by atoms with E-state index in [-0.39, 0.29) is 0 Å². The van der Waals surface area contributed by atoms with Crippen molar-refractivity contribution in [3.05, 3.63) is 71.8 Å². The summed E-state index contributed by atoms with van der Waals surface area (Å²) in [6, 6.07) is 22.5. The van der Waals surface area contributed by atoms with E-state index in [0.717, 1.165) is 0 Å². The molecule has 0 aromatic heterocycles. The van der Waals surface area contributed by atoms with Gasteiger partial charge in [0.25, 0.3) is 0 Å². The van der Waals surface area contributed by atoms with Crippen molar-refractivity contribution < 1.29 is 0 Å². The number of hydrogen-bond acceptors (Lipinski definition) is 2. The van der Waals surface area contributed by atoms with Crippen LogP contribution in [0.15, 0.2) is 60.7 Å². The molecule has 2 nitrogen and oxygen atoms in total. The number of hydrogen-bond donors (Lipinski definition) is 1. The molecule has 1 aliphatic rings. The summed E-state index contributed by atoms with van der Waals surface area (Å²) in [6.45, 7) is 5.85. The fourth-order valence-electron chi connectivity index (χ4n) is 3.33. The van der Waals surface area contributed by atoms with Gasteiger partial charge in [0, 0.05) is 6.04 Å². The van der Waals surface area contributed by atoms with Crippen molar-refractivity contribution in [2.45, 2.75) is 31.8 Å². The van der Waals surface area contributed by atoms with Crippen LogP contribution in [0.5, 0.6) is 0 Å². The smallest absolute Gasteiger partial charge is 0.0578 e. The zero-order valence-electron chi connectivity index (χ0n) is 13.4. The third-order valence-electron chi connectivity index (χ3n) is 4.70. The van der Waals surface area contributed by atoms with Gasteiger partial charge in [-0.3, -0.25) is 0 Å². The van der Waals surface area contributed by atoms with E-state index in [4.69, 9.17) is 0 Å². The van der Waals surface area contributed by atoms with E-state index < -0.39 is 0 Å². The maximum atomic E-state index is 3.91. The van der Waals surface area contributed by atoms with E-state index in [0.29, 0.717) is 12.1 Å². The van der Waals surface area contributed by atoms with Crippen molar-refractivity contribution in [2.75, 3.05) is 19.6 Å². The molecule has 0 amide bonds. The summed E-state index contributed by atoms with van der Waals surface area (Å²) in [6.07, 6.45) is 2.48. The summed E-state index contributed by atoms with van der Waals surface area (Å²) in [4.78, 5) is 2.54. The van der Waals surface area contributed by atoms with Crippen LogP contribution in [0.4, 0.5) is 0 Å². The molecule has 1 fully saturated rings. The van der Waals surface area contributed by atoms with E-state index >= 15 is 0 Å². The minimum Gasteiger partial charge on any atom is -0.303 e. The van der Waals surface area contributed by atoms with Gasteiger partial charge in [-0.15, -0.1) is 0 Å². The molecule has 2 heteroatoms. The van der Waals surface area contributed by atoms with Gasteiger partial charge in [-0.2, -0.15) is 0 Å². The molecule has 0 saturated carbocycles. The molecule has 0 spiro atoms. The molecule has 22 heavy (non-hydrogen) atoms. The third kappa shape index (κ3) is 3.76. The standard InChI is InChI=1S/C20H26N2/c1-2-22-15-13-19(14-16-22)21-20(17-9-5-3-6-10-17)18-11-7-4-8-12-18/h3-12,19-21H,2,13-16H2,1H3. The summed E-state index contributed by atoms with van der Waals surface area (Å²) >= 11 is 0. The molecule has 1 heterocycles. The normalized spacial score (nSPS) is 17.0. The van der Waals surface area contributed by atoms with Gasteiger partial charge in [-0.05, 0) is 43.6 Å². The molecule has 2 aromatic carbocycles. The van der Waals surface area contributed by atoms with Gasteiger partial charge in [0.15, 0.2) is 0 Å². The first-order valence-corrected chi connectivity index (χ1v) is 8.45. The SMILES string of the molecule is CCN1CCC(NC(c2ccccc2)c2ccccc2)CC1. The van der Waals surface area contributed by atoms with E-state index in [1.54, 1.807) is 0 Å². The van der Waals surface area contributed by atoms with Gasteiger partial charge in [0.2, 0.25) is 0 Å². The summed E-state index contributed by atoms with van der Waals surface area (Å²) < 4.78 is 0. The van der Waals surface area contributed by atoms with Crippen molar-refractivity contribution >= 4 is 0 Å². The molecule has 0 radical (unpaired) electrons. The first kappa shape index (κ1) is 15.3. The quantitative estimate of drug-likeness (QED) is 0.901. The van der Waals surface area contributed by atoms with Crippen LogP contribution in [0.2, 0.25) is 0 Å². The number of likely N-dealkylation sites (tertiary alicyclic amines) is 1. The Kier molecular flexibility index (Phi) is 5.25. The van der Waals surface area contributed by atoms with Crippen LogP contribution >= 0.6 is 0 Å². The average molecular weight is 294 g/mol. The summed E-state index contributed by atoms with van der Waals surface area (Å²) in [5.74, 6) is 0. The molecule has 0 unspecified atom stereocenters. The van der Waals surface area contributed by atoms with Gasteiger partial charge in [-0.1, -0.05) is 67.6 Å². The van der Waals surface area contributed by atoms with E-state index in [1.165, 1.54) is 43.6 Å². The first-order valence-electron chi connectivity index (χ1n) is 8.45. The Morgan fingerprint density at radius 2 is 1.41 bits per heavy atom. The van der Waals surface area contributed by atoms with Crippen LogP contribution in [-0.2, 0) is 0 Å². The zero-order chi connectivity index (χ0) is 15.2. The van der Waals surface area contributed by atoms with Gasteiger partial charge >= 0.3 is 0 Å². The van der Waals surface area contributed by atoms with Crippen LogP contribution in [0.3, 0.4) is 0 Å². The minimum absolute atomic E-state index is 0.292. The number of piperidine rings is 1. The van der Waals surface area contributed by atoms with Crippen molar-refractivity contribution in [2.24, 2.45) is 0 Å². The van der Waals surface area contributed by atoms with Gasteiger partial charge in [-0.25, -0.2) is 0 Å². The Hall–Kier alpha value is -1.64. The third-order valence-corrected chi connectivity index (χ3v) is 4.70. The zero-order valence-corrected chi connectivity index (χ0v) is 13.4. The monoisotopic (exact) mass is 294 g/mol. The molecule has 0 aliphatic carbocycles. The van der Waals surface area contributed by atoms with E-state index in [9.17, 15) is 0 Å². The highest BCUT2D eigenvalue weighted by atomic mass is 15.1. The Morgan fingerprint density at radius 1 is 0.909 bits per heavy atom. The lowest BCUT2D eigenvalue weighted by Crippen LogP contribution is -2.43. The lowest BCUT2D eigenvalue weighted by Gasteiger charge is -2.34. The number of nitrogens with one attached hydrogen (secondary N) is 1. The van der Waals surface area contributed by atoms with E-state index in [1.807, 2.05) is 0 Å².